The molecule has 0 aliphatic carbocycles. The standard InChI is InChI=1S/C23H23N5O/c1-3-13-27-15-19(14-26-27)23-22(18-9-5-4-6-10-18)25-17-28(23)21(16-29-2)20-11-7-8-12-24-20/h3-12,14-15,17,21H,1,13,16H2,2H3/t21-/m0/s1. The zero-order chi connectivity index (χ0) is 20.1. The molecular weight excluding hydrogens is 362 g/mol. The van der Waals surface area contributed by atoms with Crippen molar-refractivity contribution < 1.29 is 4.74 Å². The van der Waals surface area contributed by atoms with E-state index >= 15 is 0 Å². The molecule has 0 amide bonds. The van der Waals surface area contributed by atoms with Crippen molar-refractivity contribution in [3.63, 3.8) is 0 Å². The number of rotatable bonds is 8. The van der Waals surface area contributed by atoms with Crippen LogP contribution in [0.3, 0.4) is 0 Å². The van der Waals surface area contributed by atoms with Gasteiger partial charge in [0.05, 0.1) is 42.8 Å². The first-order valence-electron chi connectivity index (χ1n) is 9.47. The molecule has 29 heavy (non-hydrogen) atoms. The van der Waals surface area contributed by atoms with E-state index in [0.717, 1.165) is 28.2 Å². The maximum atomic E-state index is 5.54. The van der Waals surface area contributed by atoms with Crippen LogP contribution in [0.1, 0.15) is 11.7 Å². The maximum Gasteiger partial charge on any atom is 0.100 e. The van der Waals surface area contributed by atoms with Crippen molar-refractivity contribution in [2.75, 3.05) is 13.7 Å². The molecule has 6 nitrogen and oxygen atoms in total. The van der Waals surface area contributed by atoms with Gasteiger partial charge in [-0.05, 0) is 12.1 Å². The molecule has 0 saturated carbocycles. The molecule has 1 aromatic carbocycles. The number of pyridine rings is 1. The van der Waals surface area contributed by atoms with Crippen LogP contribution in [0.15, 0.2) is 86.1 Å². The van der Waals surface area contributed by atoms with E-state index < -0.39 is 0 Å². The Bertz CT molecular complexity index is 1070. The molecule has 0 saturated heterocycles. The number of hydrogen-bond acceptors (Lipinski definition) is 4. The molecule has 0 aliphatic heterocycles. The first kappa shape index (κ1) is 18.8. The number of benzene rings is 1. The summed E-state index contributed by atoms with van der Waals surface area (Å²) >= 11 is 0. The van der Waals surface area contributed by atoms with E-state index in [2.05, 4.69) is 33.4 Å². The smallest absolute Gasteiger partial charge is 0.100 e. The highest BCUT2D eigenvalue weighted by Gasteiger charge is 2.23. The van der Waals surface area contributed by atoms with Crippen LogP contribution in [-0.4, -0.2) is 38.0 Å². The van der Waals surface area contributed by atoms with E-state index in [9.17, 15) is 0 Å². The number of aromatic nitrogens is 5. The molecule has 0 aliphatic rings. The molecule has 4 rings (SSSR count). The Hall–Kier alpha value is -3.51. The summed E-state index contributed by atoms with van der Waals surface area (Å²) in [5.41, 5.74) is 4.85. The monoisotopic (exact) mass is 385 g/mol. The van der Waals surface area contributed by atoms with E-state index in [0.29, 0.717) is 13.2 Å². The third-order valence-corrected chi connectivity index (χ3v) is 4.75. The van der Waals surface area contributed by atoms with Crippen molar-refractivity contribution in [2.45, 2.75) is 12.6 Å². The van der Waals surface area contributed by atoms with Gasteiger partial charge in [-0.1, -0.05) is 42.5 Å². The van der Waals surface area contributed by atoms with Gasteiger partial charge in [-0.15, -0.1) is 6.58 Å². The molecule has 3 aromatic heterocycles. The Labute approximate surface area is 170 Å². The molecule has 0 N–H and O–H groups in total. The van der Waals surface area contributed by atoms with Gasteiger partial charge >= 0.3 is 0 Å². The van der Waals surface area contributed by atoms with Crippen LogP contribution < -0.4 is 0 Å². The van der Waals surface area contributed by atoms with Gasteiger partial charge in [-0.25, -0.2) is 4.98 Å². The number of hydrogen-bond donors (Lipinski definition) is 0. The highest BCUT2D eigenvalue weighted by molar-refractivity contribution is 5.78. The van der Waals surface area contributed by atoms with E-state index in [-0.39, 0.29) is 6.04 Å². The molecule has 146 valence electrons. The van der Waals surface area contributed by atoms with Crippen molar-refractivity contribution in [1.82, 2.24) is 24.3 Å². The summed E-state index contributed by atoms with van der Waals surface area (Å²) in [5, 5.41) is 4.47. The number of nitrogens with zero attached hydrogens (tertiary/aromatic N) is 5. The lowest BCUT2D eigenvalue weighted by Crippen LogP contribution is -2.17. The van der Waals surface area contributed by atoms with Crippen molar-refractivity contribution in [2.24, 2.45) is 0 Å². The van der Waals surface area contributed by atoms with Gasteiger partial charge in [-0.2, -0.15) is 5.10 Å². The number of imidazole rings is 1. The summed E-state index contributed by atoms with van der Waals surface area (Å²) in [6.07, 6.45) is 9.37. The van der Waals surface area contributed by atoms with Gasteiger partial charge in [0, 0.05) is 30.6 Å². The van der Waals surface area contributed by atoms with Crippen molar-refractivity contribution in [1.29, 1.82) is 0 Å². The summed E-state index contributed by atoms with van der Waals surface area (Å²) in [4.78, 5) is 9.33. The van der Waals surface area contributed by atoms with Crippen LogP contribution in [0.4, 0.5) is 0 Å². The molecular formula is C23H23N5O. The Balaban J connectivity index is 1.89. The van der Waals surface area contributed by atoms with Crippen molar-refractivity contribution in [3.8, 4) is 22.5 Å². The van der Waals surface area contributed by atoms with Crippen LogP contribution in [-0.2, 0) is 11.3 Å². The van der Waals surface area contributed by atoms with E-state index in [4.69, 9.17) is 9.72 Å². The normalized spacial score (nSPS) is 12.0. The van der Waals surface area contributed by atoms with Gasteiger partial charge in [0.2, 0.25) is 0 Å². The molecule has 3 heterocycles. The number of methoxy groups -OCH3 is 1. The second kappa shape index (κ2) is 8.67. The minimum absolute atomic E-state index is 0.107. The molecule has 0 bridgehead atoms. The van der Waals surface area contributed by atoms with Gasteiger partial charge in [0.25, 0.3) is 0 Å². The molecule has 0 spiro atoms. The van der Waals surface area contributed by atoms with Crippen LogP contribution in [0.5, 0.6) is 0 Å². The van der Waals surface area contributed by atoms with Crippen molar-refractivity contribution >= 4 is 0 Å². The summed E-state index contributed by atoms with van der Waals surface area (Å²) in [5.74, 6) is 0. The van der Waals surface area contributed by atoms with E-state index in [1.807, 2.05) is 65.9 Å². The Morgan fingerprint density at radius 2 is 1.90 bits per heavy atom. The second-order valence-corrected chi connectivity index (χ2v) is 6.68. The predicted octanol–water partition coefficient (Wildman–Crippen LogP) is 4.23. The quantitative estimate of drug-likeness (QED) is 0.426. The summed E-state index contributed by atoms with van der Waals surface area (Å²) in [6.45, 7) is 4.93. The highest BCUT2D eigenvalue weighted by atomic mass is 16.5. The van der Waals surface area contributed by atoms with Gasteiger partial charge < -0.3 is 9.30 Å². The third kappa shape index (κ3) is 3.88. The van der Waals surface area contributed by atoms with Gasteiger partial charge in [-0.3, -0.25) is 9.67 Å². The maximum absolute atomic E-state index is 5.54. The topological polar surface area (TPSA) is 57.8 Å². The van der Waals surface area contributed by atoms with Crippen LogP contribution in [0.2, 0.25) is 0 Å². The summed E-state index contributed by atoms with van der Waals surface area (Å²) in [6, 6.07) is 16.0. The minimum atomic E-state index is -0.107. The molecule has 0 unspecified atom stereocenters. The Morgan fingerprint density at radius 3 is 2.62 bits per heavy atom. The first-order chi connectivity index (χ1) is 14.3. The molecule has 4 aromatic rings. The average molecular weight is 385 g/mol. The van der Waals surface area contributed by atoms with E-state index in [1.54, 1.807) is 13.3 Å². The second-order valence-electron chi connectivity index (χ2n) is 6.68. The van der Waals surface area contributed by atoms with Crippen molar-refractivity contribution in [3.05, 3.63) is 91.8 Å². The number of ether oxygens (including phenoxy) is 1. The first-order valence-corrected chi connectivity index (χ1v) is 9.47. The SMILES string of the molecule is C=CCn1cc(-c2c(-c3ccccc3)ncn2[C@@H](COC)c2ccccn2)cn1. The fourth-order valence-electron chi connectivity index (χ4n) is 3.45. The summed E-state index contributed by atoms with van der Waals surface area (Å²) < 4.78 is 9.53. The molecule has 0 fully saturated rings. The lowest BCUT2D eigenvalue weighted by molar-refractivity contribution is 0.168. The van der Waals surface area contributed by atoms with Crippen LogP contribution in [0.25, 0.3) is 22.5 Å². The molecule has 1 atom stereocenters. The fraction of sp³-hybridized carbons (Fsp3) is 0.174. The fourth-order valence-corrected chi connectivity index (χ4v) is 3.45. The number of allylic oxidation sites excluding steroid dienone is 1. The van der Waals surface area contributed by atoms with Crippen LogP contribution in [0, 0.1) is 0 Å². The average Bonchev–Trinajstić information content (AvgIpc) is 3.40. The summed E-state index contributed by atoms with van der Waals surface area (Å²) in [7, 11) is 1.70. The molecule has 0 radical (unpaired) electrons. The van der Waals surface area contributed by atoms with E-state index in [1.165, 1.54) is 0 Å². The molecule has 6 heteroatoms. The lowest BCUT2D eigenvalue weighted by Gasteiger charge is -2.20. The van der Waals surface area contributed by atoms with Crippen LogP contribution >= 0.6 is 0 Å². The van der Waals surface area contributed by atoms with Gasteiger partial charge in [0.15, 0.2) is 0 Å². The predicted molar refractivity (Wildman–Crippen MR) is 113 cm³/mol. The lowest BCUT2D eigenvalue weighted by atomic mass is 10.1. The Morgan fingerprint density at radius 1 is 1.07 bits per heavy atom. The zero-order valence-corrected chi connectivity index (χ0v) is 16.3. The highest BCUT2D eigenvalue weighted by Crippen LogP contribution is 2.34. The minimum Gasteiger partial charge on any atom is -0.382 e. The van der Waals surface area contributed by atoms with Gasteiger partial charge in [0.1, 0.15) is 6.04 Å². The Kier molecular flexibility index (Phi) is 5.63. The largest absolute Gasteiger partial charge is 0.382 e. The third-order valence-electron chi connectivity index (χ3n) is 4.75. The zero-order valence-electron chi connectivity index (χ0n) is 16.3.